The monoisotopic (exact) mass is 304 g/mol. The largest absolute Gasteiger partial charge is 0.497 e. The summed E-state index contributed by atoms with van der Waals surface area (Å²) >= 11 is 0. The van der Waals surface area contributed by atoms with Crippen LogP contribution in [0.2, 0.25) is 0 Å². The molecule has 1 aromatic carbocycles. The molecule has 22 heavy (non-hydrogen) atoms. The van der Waals surface area contributed by atoms with Gasteiger partial charge >= 0.3 is 11.7 Å². The van der Waals surface area contributed by atoms with Crippen LogP contribution in [0.3, 0.4) is 0 Å². The minimum absolute atomic E-state index is 0.226. The third kappa shape index (κ3) is 3.75. The molecule has 3 N–H and O–H groups in total. The maximum absolute atomic E-state index is 11.7. The number of hydrogen-bond donors (Lipinski definition) is 3. The summed E-state index contributed by atoms with van der Waals surface area (Å²) in [6.45, 7) is 1.38. The summed E-state index contributed by atoms with van der Waals surface area (Å²) in [4.78, 5) is 37.5. The third-order valence-corrected chi connectivity index (χ3v) is 2.90. The van der Waals surface area contributed by atoms with Gasteiger partial charge in [0.2, 0.25) is 0 Å². The molecule has 0 fully saturated rings. The fourth-order valence-corrected chi connectivity index (χ4v) is 1.79. The van der Waals surface area contributed by atoms with Crippen LogP contribution in [-0.4, -0.2) is 22.7 Å². The van der Waals surface area contributed by atoms with Gasteiger partial charge in [0.25, 0.3) is 5.56 Å². The highest BCUT2D eigenvalue weighted by molar-refractivity contribution is 5.89. The minimum Gasteiger partial charge on any atom is -0.497 e. The highest BCUT2D eigenvalue weighted by Crippen LogP contribution is 2.14. The molecule has 1 aromatic heterocycles. The van der Waals surface area contributed by atoms with E-state index in [0.29, 0.717) is 17.1 Å². The Bertz CT molecular complexity index is 745. The van der Waals surface area contributed by atoms with Gasteiger partial charge in [0.05, 0.1) is 7.11 Å². The SMILES string of the molecule is COc1ccc(NC(=O)NCn2c(=O)cc(C)[nH]c2=O)cc1. The minimum atomic E-state index is -0.574. The number of urea groups is 1. The Hall–Kier alpha value is -3.03. The van der Waals surface area contributed by atoms with Crippen molar-refractivity contribution >= 4 is 11.7 Å². The Labute approximate surface area is 125 Å². The van der Waals surface area contributed by atoms with E-state index in [1.807, 2.05) is 0 Å². The molecule has 0 spiro atoms. The maximum Gasteiger partial charge on any atom is 0.330 e. The van der Waals surface area contributed by atoms with Crippen LogP contribution in [0.5, 0.6) is 5.75 Å². The first-order valence-corrected chi connectivity index (χ1v) is 6.49. The fourth-order valence-electron chi connectivity index (χ4n) is 1.79. The van der Waals surface area contributed by atoms with Gasteiger partial charge in [-0.05, 0) is 31.2 Å². The van der Waals surface area contributed by atoms with E-state index in [2.05, 4.69) is 15.6 Å². The summed E-state index contributed by atoms with van der Waals surface area (Å²) in [6.07, 6.45) is 0. The molecule has 0 aliphatic heterocycles. The number of H-pyrrole nitrogens is 1. The smallest absolute Gasteiger partial charge is 0.330 e. The maximum atomic E-state index is 11.7. The molecule has 0 radical (unpaired) electrons. The lowest BCUT2D eigenvalue weighted by Gasteiger charge is -2.09. The molecular weight excluding hydrogens is 288 g/mol. The van der Waals surface area contributed by atoms with Gasteiger partial charge in [-0.3, -0.25) is 4.79 Å². The summed E-state index contributed by atoms with van der Waals surface area (Å²) in [5, 5.41) is 5.02. The van der Waals surface area contributed by atoms with Crippen LogP contribution in [0.25, 0.3) is 0 Å². The first kappa shape index (κ1) is 15.4. The van der Waals surface area contributed by atoms with Crippen molar-refractivity contribution in [3.05, 3.63) is 56.9 Å². The molecule has 0 saturated heterocycles. The molecule has 2 rings (SSSR count). The van der Waals surface area contributed by atoms with Crippen LogP contribution in [-0.2, 0) is 6.67 Å². The molecule has 0 aliphatic carbocycles. The summed E-state index contributed by atoms with van der Waals surface area (Å²) in [5.41, 5.74) is -0.0295. The second kappa shape index (κ2) is 6.61. The van der Waals surface area contributed by atoms with Crippen molar-refractivity contribution in [3.8, 4) is 5.75 Å². The first-order chi connectivity index (χ1) is 10.5. The van der Waals surface area contributed by atoms with Gasteiger partial charge < -0.3 is 20.4 Å². The van der Waals surface area contributed by atoms with E-state index in [0.717, 1.165) is 4.57 Å². The van der Waals surface area contributed by atoms with Crippen LogP contribution in [0.1, 0.15) is 5.69 Å². The van der Waals surface area contributed by atoms with Crippen molar-refractivity contribution in [3.63, 3.8) is 0 Å². The van der Waals surface area contributed by atoms with Gasteiger partial charge in [-0.2, -0.15) is 0 Å². The van der Waals surface area contributed by atoms with Crippen molar-refractivity contribution in [1.82, 2.24) is 14.9 Å². The van der Waals surface area contributed by atoms with Crippen molar-refractivity contribution < 1.29 is 9.53 Å². The zero-order valence-corrected chi connectivity index (χ0v) is 12.2. The van der Waals surface area contributed by atoms with Crippen molar-refractivity contribution in [2.75, 3.05) is 12.4 Å². The molecule has 0 unspecified atom stereocenters. The Kier molecular flexibility index (Phi) is 4.62. The predicted octanol–water partition coefficient (Wildman–Crippen LogP) is 0.633. The van der Waals surface area contributed by atoms with Crippen molar-refractivity contribution in [2.24, 2.45) is 0 Å². The standard InChI is InChI=1S/C14H16N4O4/c1-9-7-12(19)18(14(21)16-9)8-15-13(20)17-10-3-5-11(22-2)6-4-10/h3-7H,8H2,1-2H3,(H,16,21)(H2,15,17,20). The summed E-state index contributed by atoms with van der Waals surface area (Å²) in [6, 6.07) is 7.49. The number of nitrogens with one attached hydrogen (secondary N) is 3. The average molecular weight is 304 g/mol. The van der Waals surface area contributed by atoms with E-state index in [1.165, 1.54) is 6.07 Å². The third-order valence-electron chi connectivity index (χ3n) is 2.90. The highest BCUT2D eigenvalue weighted by Gasteiger charge is 2.05. The van der Waals surface area contributed by atoms with Crippen LogP contribution >= 0.6 is 0 Å². The molecule has 8 nitrogen and oxygen atoms in total. The molecule has 0 aliphatic rings. The van der Waals surface area contributed by atoms with Gasteiger partial charge in [-0.1, -0.05) is 0 Å². The number of carbonyl (C=O) groups excluding carboxylic acids is 1. The summed E-state index contributed by atoms with van der Waals surface area (Å²) in [5.74, 6) is 0.670. The Balaban J connectivity index is 1.98. The highest BCUT2D eigenvalue weighted by atomic mass is 16.5. The van der Waals surface area contributed by atoms with E-state index >= 15 is 0 Å². The predicted molar refractivity (Wildman–Crippen MR) is 81.2 cm³/mol. The molecule has 0 saturated carbocycles. The zero-order chi connectivity index (χ0) is 16.1. The number of nitrogens with zero attached hydrogens (tertiary/aromatic N) is 1. The average Bonchev–Trinajstić information content (AvgIpc) is 2.47. The van der Waals surface area contributed by atoms with Gasteiger partial charge in [0, 0.05) is 17.4 Å². The number of ether oxygens (including phenoxy) is 1. The number of carbonyl (C=O) groups is 1. The van der Waals surface area contributed by atoms with Gasteiger partial charge in [-0.25, -0.2) is 14.2 Å². The number of amides is 2. The van der Waals surface area contributed by atoms with Crippen molar-refractivity contribution in [1.29, 1.82) is 0 Å². The molecule has 0 atom stereocenters. The number of methoxy groups -OCH3 is 1. The number of aromatic nitrogens is 2. The number of aryl methyl sites for hydroxylation is 1. The number of benzene rings is 1. The first-order valence-electron chi connectivity index (χ1n) is 6.49. The lowest BCUT2D eigenvalue weighted by atomic mass is 10.3. The van der Waals surface area contributed by atoms with E-state index in [9.17, 15) is 14.4 Å². The number of anilines is 1. The quantitative estimate of drug-likeness (QED) is 0.770. The van der Waals surface area contributed by atoms with Crippen LogP contribution in [0.15, 0.2) is 39.9 Å². The Morgan fingerprint density at radius 3 is 2.55 bits per heavy atom. The lowest BCUT2D eigenvalue weighted by Crippen LogP contribution is -2.42. The summed E-state index contributed by atoms with van der Waals surface area (Å²) < 4.78 is 5.90. The normalized spacial score (nSPS) is 10.1. The zero-order valence-electron chi connectivity index (χ0n) is 12.2. The number of aromatic amines is 1. The van der Waals surface area contributed by atoms with Crippen molar-refractivity contribution in [2.45, 2.75) is 13.6 Å². The van der Waals surface area contributed by atoms with E-state index < -0.39 is 17.3 Å². The van der Waals surface area contributed by atoms with Crippen LogP contribution in [0.4, 0.5) is 10.5 Å². The summed E-state index contributed by atoms with van der Waals surface area (Å²) in [7, 11) is 1.55. The Morgan fingerprint density at radius 1 is 1.27 bits per heavy atom. The number of rotatable bonds is 4. The van der Waals surface area contributed by atoms with E-state index in [4.69, 9.17) is 4.74 Å². The number of hydrogen-bond acceptors (Lipinski definition) is 4. The molecule has 8 heteroatoms. The fraction of sp³-hybridized carbons (Fsp3) is 0.214. The van der Waals surface area contributed by atoms with E-state index in [-0.39, 0.29) is 6.67 Å². The molecule has 116 valence electrons. The molecule has 2 amide bonds. The van der Waals surface area contributed by atoms with Crippen LogP contribution < -0.4 is 26.6 Å². The van der Waals surface area contributed by atoms with Gasteiger partial charge in [0.15, 0.2) is 0 Å². The second-order valence-corrected chi connectivity index (χ2v) is 4.54. The molecule has 0 bridgehead atoms. The second-order valence-electron chi connectivity index (χ2n) is 4.54. The van der Waals surface area contributed by atoms with Crippen LogP contribution in [0, 0.1) is 6.92 Å². The Morgan fingerprint density at radius 2 is 1.95 bits per heavy atom. The van der Waals surface area contributed by atoms with E-state index in [1.54, 1.807) is 38.3 Å². The topological polar surface area (TPSA) is 105 Å². The molecular formula is C14H16N4O4. The molecule has 2 aromatic rings. The molecule has 1 heterocycles. The van der Waals surface area contributed by atoms with Gasteiger partial charge in [0.1, 0.15) is 12.4 Å². The lowest BCUT2D eigenvalue weighted by molar-refractivity contribution is 0.249. The van der Waals surface area contributed by atoms with Gasteiger partial charge in [-0.15, -0.1) is 0 Å².